The first-order valence-electron chi connectivity index (χ1n) is 9.85. The van der Waals surface area contributed by atoms with Crippen LogP contribution in [0.15, 0.2) is 36.4 Å². The molecule has 0 saturated carbocycles. The zero-order valence-electron chi connectivity index (χ0n) is 17.7. The first-order valence-corrected chi connectivity index (χ1v) is 11.6. The topological polar surface area (TPSA) is 170 Å². The maximum atomic E-state index is 15.3. The van der Waals surface area contributed by atoms with Gasteiger partial charge in [0.25, 0.3) is 5.91 Å². The van der Waals surface area contributed by atoms with Crippen molar-refractivity contribution in [1.29, 1.82) is 0 Å². The van der Waals surface area contributed by atoms with Gasteiger partial charge in [0.15, 0.2) is 11.6 Å². The van der Waals surface area contributed by atoms with Crippen molar-refractivity contribution >= 4 is 41.5 Å². The molecule has 35 heavy (non-hydrogen) atoms. The minimum Gasteiger partial charge on any atom is -0.480 e. The lowest BCUT2D eigenvalue weighted by molar-refractivity contribution is -0.138. The Kier molecular flexibility index (Phi) is 5.91. The number of alkyl halides is 2. The van der Waals surface area contributed by atoms with Crippen LogP contribution < -0.4 is 5.32 Å². The summed E-state index contributed by atoms with van der Waals surface area (Å²) in [6.45, 7) is 0. The second-order valence-electron chi connectivity index (χ2n) is 7.73. The molecule has 1 unspecified atom stereocenters. The molecule has 4 rings (SSSR count). The Morgan fingerprint density at radius 2 is 1.86 bits per heavy atom. The van der Waals surface area contributed by atoms with E-state index in [1.54, 1.807) is 0 Å². The minimum atomic E-state index is -4.75. The number of H-pyrrole nitrogens is 1. The quantitative estimate of drug-likeness (QED) is 0.235. The number of carbonyl (C=O) groups excluding carboxylic acids is 1. The maximum Gasteiger partial charge on any atom is 0.361 e. The Bertz CT molecular complexity index is 1530. The van der Waals surface area contributed by atoms with Crippen LogP contribution in [-0.4, -0.2) is 58.5 Å². The van der Waals surface area contributed by atoms with E-state index in [0.29, 0.717) is 0 Å². The van der Waals surface area contributed by atoms with Crippen LogP contribution in [0.25, 0.3) is 22.1 Å². The second-order valence-corrected chi connectivity index (χ2v) is 9.43. The van der Waals surface area contributed by atoms with Gasteiger partial charge in [-0.1, -0.05) is 0 Å². The number of aliphatic carboxylic acids is 1. The van der Waals surface area contributed by atoms with E-state index in [4.69, 9.17) is 14.9 Å². The molecule has 1 atom stereocenters. The fourth-order valence-corrected chi connectivity index (χ4v) is 4.24. The number of amides is 1. The normalized spacial score (nSPS) is 13.3. The van der Waals surface area contributed by atoms with Gasteiger partial charge in [0.2, 0.25) is 0 Å². The standard InChI is InChI=1S/C20H17F3N5O6P/c1-28-15-6-9(16(29)24-14(17(30)31)8-35(32,33)34)2-4-12(15)27-19(28)20(22,23)18-25-11-5-3-10(21)7-13(11)26-18/h2-7,14H,8H2,1H3,(H,24,29)(H,25,26)(H,30,31)(H2,32,33,34). The van der Waals surface area contributed by atoms with Gasteiger partial charge in [-0.05, 0) is 36.4 Å². The number of halogens is 3. The Morgan fingerprint density at radius 3 is 2.51 bits per heavy atom. The molecule has 4 aromatic rings. The molecule has 0 bridgehead atoms. The molecule has 0 aliphatic heterocycles. The van der Waals surface area contributed by atoms with Crippen LogP contribution in [0.4, 0.5) is 13.2 Å². The molecule has 0 aliphatic rings. The Labute approximate surface area is 193 Å². The number of imidazole rings is 2. The van der Waals surface area contributed by atoms with Crippen LogP contribution in [0.3, 0.4) is 0 Å². The van der Waals surface area contributed by atoms with Gasteiger partial charge in [-0.3, -0.25) is 9.36 Å². The summed E-state index contributed by atoms with van der Waals surface area (Å²) in [5.41, 5.74) is 0.233. The van der Waals surface area contributed by atoms with E-state index in [-0.39, 0.29) is 27.6 Å². The molecule has 5 N–H and O–H groups in total. The number of hydrogen-bond acceptors (Lipinski definition) is 5. The fourth-order valence-electron chi connectivity index (χ4n) is 3.51. The molecule has 0 fully saturated rings. The number of aromatic nitrogens is 4. The average molecular weight is 511 g/mol. The van der Waals surface area contributed by atoms with E-state index in [9.17, 15) is 18.5 Å². The Morgan fingerprint density at radius 1 is 1.17 bits per heavy atom. The predicted octanol–water partition coefficient (Wildman–Crippen LogP) is 2.09. The zero-order chi connectivity index (χ0) is 25.7. The number of carbonyl (C=O) groups is 2. The minimum absolute atomic E-state index is 0.0701. The van der Waals surface area contributed by atoms with E-state index in [1.165, 1.54) is 31.3 Å². The molecular formula is C20H17F3N5O6P. The highest BCUT2D eigenvalue weighted by Gasteiger charge is 2.42. The lowest BCUT2D eigenvalue weighted by Crippen LogP contribution is -2.43. The lowest BCUT2D eigenvalue weighted by atomic mass is 10.1. The molecule has 0 spiro atoms. The second kappa shape index (κ2) is 8.48. The van der Waals surface area contributed by atoms with Gasteiger partial charge >= 0.3 is 19.5 Å². The van der Waals surface area contributed by atoms with Crippen molar-refractivity contribution in [3.05, 3.63) is 59.4 Å². The average Bonchev–Trinajstić information content (AvgIpc) is 3.33. The third-order valence-electron chi connectivity index (χ3n) is 5.19. The molecular weight excluding hydrogens is 494 g/mol. The molecule has 11 nitrogen and oxygen atoms in total. The molecule has 15 heteroatoms. The number of fused-ring (bicyclic) bond motifs is 2. The summed E-state index contributed by atoms with van der Waals surface area (Å²) in [4.78, 5) is 51.9. The summed E-state index contributed by atoms with van der Waals surface area (Å²) in [5, 5.41) is 11.1. The van der Waals surface area contributed by atoms with Crippen LogP contribution in [-0.2, 0) is 22.3 Å². The number of aromatic amines is 1. The Hall–Kier alpha value is -3.74. The molecule has 0 aliphatic carbocycles. The fraction of sp³-hybridized carbons (Fsp3) is 0.200. The third kappa shape index (κ3) is 4.76. The third-order valence-corrected chi connectivity index (χ3v) is 6.03. The summed E-state index contributed by atoms with van der Waals surface area (Å²) < 4.78 is 56.2. The van der Waals surface area contributed by atoms with Crippen molar-refractivity contribution < 1.29 is 42.2 Å². The lowest BCUT2D eigenvalue weighted by Gasteiger charge is -2.15. The summed E-state index contributed by atoms with van der Waals surface area (Å²) >= 11 is 0. The van der Waals surface area contributed by atoms with E-state index in [2.05, 4.69) is 15.0 Å². The van der Waals surface area contributed by atoms with Crippen molar-refractivity contribution in [2.75, 3.05) is 6.16 Å². The smallest absolute Gasteiger partial charge is 0.361 e. The van der Waals surface area contributed by atoms with Crippen LogP contribution in [0.2, 0.25) is 0 Å². The number of carboxylic acid groups (broad SMARTS) is 1. The zero-order valence-corrected chi connectivity index (χ0v) is 18.6. The van der Waals surface area contributed by atoms with Crippen molar-refractivity contribution in [2.24, 2.45) is 7.05 Å². The van der Waals surface area contributed by atoms with Gasteiger partial charge in [0.05, 0.1) is 28.2 Å². The van der Waals surface area contributed by atoms with Crippen molar-refractivity contribution in [1.82, 2.24) is 24.8 Å². The first kappa shape index (κ1) is 24.4. The monoisotopic (exact) mass is 511 g/mol. The van der Waals surface area contributed by atoms with E-state index >= 15 is 8.78 Å². The highest BCUT2D eigenvalue weighted by molar-refractivity contribution is 7.51. The van der Waals surface area contributed by atoms with E-state index in [1.807, 2.05) is 5.32 Å². The van der Waals surface area contributed by atoms with Crippen molar-refractivity contribution in [3.63, 3.8) is 0 Å². The Balaban J connectivity index is 1.68. The molecule has 184 valence electrons. The van der Waals surface area contributed by atoms with Crippen LogP contribution in [0.1, 0.15) is 22.0 Å². The maximum absolute atomic E-state index is 15.3. The number of nitrogens with one attached hydrogen (secondary N) is 2. The molecule has 2 aromatic heterocycles. The summed E-state index contributed by atoms with van der Waals surface area (Å²) in [5.74, 6) is -8.50. The predicted molar refractivity (Wildman–Crippen MR) is 116 cm³/mol. The van der Waals surface area contributed by atoms with Gasteiger partial charge < -0.3 is 29.8 Å². The van der Waals surface area contributed by atoms with Gasteiger partial charge in [-0.25, -0.2) is 19.2 Å². The highest BCUT2D eigenvalue weighted by atomic mass is 31.2. The molecule has 1 amide bonds. The molecule has 2 heterocycles. The largest absolute Gasteiger partial charge is 0.480 e. The summed E-state index contributed by atoms with van der Waals surface area (Å²) in [6, 6.07) is 5.13. The SMILES string of the molecule is Cn1c(C(F)(F)c2nc3ccc(F)cc3[nH]2)nc2ccc(C(=O)NC(CP(=O)(O)O)C(=O)O)cc21. The van der Waals surface area contributed by atoms with Gasteiger partial charge in [-0.15, -0.1) is 0 Å². The number of hydrogen-bond donors (Lipinski definition) is 5. The van der Waals surface area contributed by atoms with Crippen molar-refractivity contribution in [2.45, 2.75) is 12.0 Å². The molecule has 2 aromatic carbocycles. The summed E-state index contributed by atoms with van der Waals surface area (Å²) in [7, 11) is -3.48. The van der Waals surface area contributed by atoms with Gasteiger partial charge in [-0.2, -0.15) is 8.78 Å². The highest BCUT2D eigenvalue weighted by Crippen LogP contribution is 2.36. The number of rotatable bonds is 7. The van der Waals surface area contributed by atoms with E-state index < -0.39 is 55.1 Å². The van der Waals surface area contributed by atoms with Crippen LogP contribution >= 0.6 is 7.60 Å². The summed E-state index contributed by atoms with van der Waals surface area (Å²) in [6.07, 6.45) is -1.13. The van der Waals surface area contributed by atoms with Gasteiger partial charge in [0, 0.05) is 12.6 Å². The van der Waals surface area contributed by atoms with Crippen LogP contribution in [0.5, 0.6) is 0 Å². The molecule has 0 radical (unpaired) electrons. The van der Waals surface area contributed by atoms with E-state index in [0.717, 1.165) is 16.7 Å². The van der Waals surface area contributed by atoms with Crippen LogP contribution in [0, 0.1) is 5.82 Å². The molecule has 0 saturated heterocycles. The number of aryl methyl sites for hydroxylation is 1. The number of nitrogens with zero attached hydrogens (tertiary/aromatic N) is 3. The first-order chi connectivity index (χ1) is 16.3. The van der Waals surface area contributed by atoms with Gasteiger partial charge in [0.1, 0.15) is 11.9 Å². The number of benzene rings is 2. The number of carboxylic acids is 1. The van der Waals surface area contributed by atoms with Crippen molar-refractivity contribution in [3.8, 4) is 0 Å².